The van der Waals surface area contributed by atoms with Crippen molar-refractivity contribution in [2.75, 3.05) is 19.0 Å². The second-order valence-corrected chi connectivity index (χ2v) is 8.63. The highest BCUT2D eigenvalue weighted by Crippen LogP contribution is 2.36. The van der Waals surface area contributed by atoms with Crippen LogP contribution in [0.4, 0.5) is 11.4 Å². The van der Waals surface area contributed by atoms with E-state index in [1.165, 1.54) is 11.8 Å². The molecule has 0 aliphatic carbocycles. The van der Waals surface area contributed by atoms with Gasteiger partial charge in [-0.05, 0) is 62.2 Å². The number of nitrogens with zero attached hydrogens (tertiary/aromatic N) is 2. The van der Waals surface area contributed by atoms with Crippen LogP contribution in [-0.4, -0.2) is 40.8 Å². The van der Waals surface area contributed by atoms with Crippen LogP contribution in [0.2, 0.25) is 5.02 Å². The van der Waals surface area contributed by atoms with Crippen molar-refractivity contribution in [1.82, 2.24) is 4.90 Å². The number of aryl methyl sites for hydroxylation is 2. The van der Waals surface area contributed by atoms with Gasteiger partial charge in [0, 0.05) is 23.7 Å². The summed E-state index contributed by atoms with van der Waals surface area (Å²) in [4.78, 5) is 31.6. The normalized spacial score (nSPS) is 17.5. The van der Waals surface area contributed by atoms with Crippen molar-refractivity contribution in [3.63, 3.8) is 0 Å². The van der Waals surface area contributed by atoms with Crippen LogP contribution in [0.1, 0.15) is 24.5 Å². The Kier molecular flexibility index (Phi) is 7.05. The molecular formula is C22H24ClN3O3S. The van der Waals surface area contributed by atoms with Gasteiger partial charge in [-0.25, -0.2) is 4.99 Å². The Morgan fingerprint density at radius 1 is 1.23 bits per heavy atom. The first kappa shape index (κ1) is 22.2. The number of amides is 2. The Morgan fingerprint density at radius 3 is 2.57 bits per heavy atom. The maximum absolute atomic E-state index is 12.8. The van der Waals surface area contributed by atoms with Crippen LogP contribution in [-0.2, 0) is 9.59 Å². The zero-order valence-electron chi connectivity index (χ0n) is 17.4. The molecular weight excluding hydrogens is 422 g/mol. The fourth-order valence-corrected chi connectivity index (χ4v) is 4.68. The quantitative estimate of drug-likeness (QED) is 0.683. The summed E-state index contributed by atoms with van der Waals surface area (Å²) in [6.07, 6.45) is 0.0681. The molecule has 0 aromatic heterocycles. The summed E-state index contributed by atoms with van der Waals surface area (Å²) in [6.45, 7) is 6.29. The minimum absolute atomic E-state index is 0.0681. The number of rotatable bonds is 6. The number of amidine groups is 1. The largest absolute Gasteiger partial charge is 0.494 e. The summed E-state index contributed by atoms with van der Waals surface area (Å²) in [5.41, 5.74) is 3.41. The number of nitrogens with one attached hydrogen (secondary N) is 1. The number of carbonyl (C=O) groups excluding carboxylic acids is 2. The van der Waals surface area contributed by atoms with E-state index in [4.69, 9.17) is 16.3 Å². The summed E-state index contributed by atoms with van der Waals surface area (Å²) in [6, 6.07) is 11.0. The minimum Gasteiger partial charge on any atom is -0.494 e. The van der Waals surface area contributed by atoms with E-state index in [-0.39, 0.29) is 18.2 Å². The molecule has 2 aromatic rings. The van der Waals surface area contributed by atoms with Crippen molar-refractivity contribution >= 4 is 51.7 Å². The van der Waals surface area contributed by atoms with Gasteiger partial charge in [0.05, 0.1) is 7.11 Å². The maximum Gasteiger partial charge on any atom is 0.242 e. The molecule has 1 N–H and O–H groups in total. The molecule has 1 aliphatic heterocycles. The highest BCUT2D eigenvalue weighted by Gasteiger charge is 2.38. The molecule has 8 heteroatoms. The Bertz CT molecular complexity index is 989. The summed E-state index contributed by atoms with van der Waals surface area (Å²) < 4.78 is 5.34. The highest BCUT2D eigenvalue weighted by molar-refractivity contribution is 8.15. The Morgan fingerprint density at radius 2 is 1.93 bits per heavy atom. The molecule has 2 aromatic carbocycles. The number of methoxy groups -OCH3 is 1. The van der Waals surface area contributed by atoms with Crippen molar-refractivity contribution in [3.05, 3.63) is 52.5 Å². The Labute approximate surface area is 185 Å². The molecule has 2 amide bonds. The van der Waals surface area contributed by atoms with Gasteiger partial charge in [-0.1, -0.05) is 29.4 Å². The fourth-order valence-electron chi connectivity index (χ4n) is 3.30. The van der Waals surface area contributed by atoms with Gasteiger partial charge >= 0.3 is 0 Å². The Balaban J connectivity index is 1.77. The number of aliphatic imine (C=N–C) groups is 1. The minimum atomic E-state index is -0.528. The van der Waals surface area contributed by atoms with E-state index in [2.05, 4.69) is 10.3 Å². The predicted molar refractivity (Wildman–Crippen MR) is 123 cm³/mol. The van der Waals surface area contributed by atoms with Gasteiger partial charge in [0.15, 0.2) is 5.17 Å². The summed E-state index contributed by atoms with van der Waals surface area (Å²) in [5, 5.41) is 3.43. The molecule has 0 bridgehead atoms. The lowest BCUT2D eigenvalue weighted by molar-refractivity contribution is -0.128. The molecule has 0 saturated carbocycles. The fraction of sp³-hybridized carbons (Fsp3) is 0.318. The molecule has 0 radical (unpaired) electrons. The molecule has 6 nitrogen and oxygen atoms in total. The zero-order valence-corrected chi connectivity index (χ0v) is 18.9. The lowest BCUT2D eigenvalue weighted by atomic mass is 10.1. The van der Waals surface area contributed by atoms with Crippen LogP contribution in [0.3, 0.4) is 0 Å². The monoisotopic (exact) mass is 445 g/mol. The lowest BCUT2D eigenvalue weighted by Crippen LogP contribution is -2.33. The van der Waals surface area contributed by atoms with Crippen molar-refractivity contribution in [2.45, 2.75) is 32.4 Å². The van der Waals surface area contributed by atoms with Gasteiger partial charge in [0.2, 0.25) is 11.8 Å². The molecule has 1 aliphatic rings. The smallest absolute Gasteiger partial charge is 0.242 e. The van der Waals surface area contributed by atoms with Gasteiger partial charge in [-0.3, -0.25) is 14.5 Å². The van der Waals surface area contributed by atoms with Crippen molar-refractivity contribution < 1.29 is 14.3 Å². The van der Waals surface area contributed by atoms with Gasteiger partial charge in [0.25, 0.3) is 0 Å². The third-order valence-electron chi connectivity index (χ3n) is 4.57. The Hall–Kier alpha value is -2.51. The zero-order chi connectivity index (χ0) is 21.8. The average molecular weight is 446 g/mol. The molecule has 1 heterocycles. The van der Waals surface area contributed by atoms with Crippen molar-refractivity contribution in [3.8, 4) is 5.75 Å². The van der Waals surface area contributed by atoms with Crippen LogP contribution in [0.15, 0.2) is 41.4 Å². The topological polar surface area (TPSA) is 71.0 Å². The molecule has 30 heavy (non-hydrogen) atoms. The number of hydrogen-bond acceptors (Lipinski definition) is 5. The summed E-state index contributed by atoms with van der Waals surface area (Å²) >= 11 is 7.37. The standard InChI is InChI=1S/C22H24ClN3O3S/c1-5-26-21(28)19(12-20(27)24-16-9-13(2)8-14(3)10-16)30-22(26)25-17-11-15(23)6-7-18(17)29-4/h6-11,19H,5,12H2,1-4H3,(H,24,27). The first-order valence-corrected chi connectivity index (χ1v) is 10.8. The number of ether oxygens (including phenoxy) is 1. The maximum atomic E-state index is 12.8. The van der Waals surface area contributed by atoms with E-state index in [9.17, 15) is 9.59 Å². The van der Waals surface area contributed by atoms with Gasteiger partial charge in [-0.2, -0.15) is 0 Å². The van der Waals surface area contributed by atoms with Gasteiger partial charge < -0.3 is 10.1 Å². The van der Waals surface area contributed by atoms with Crippen LogP contribution in [0.5, 0.6) is 5.75 Å². The predicted octanol–water partition coefficient (Wildman–Crippen LogP) is 4.95. The first-order valence-electron chi connectivity index (χ1n) is 9.59. The number of halogens is 1. The summed E-state index contributed by atoms with van der Waals surface area (Å²) in [5.74, 6) is 0.230. The van der Waals surface area contributed by atoms with E-state index < -0.39 is 5.25 Å². The molecule has 158 valence electrons. The third-order valence-corrected chi connectivity index (χ3v) is 5.98. The van der Waals surface area contributed by atoms with Crippen LogP contribution < -0.4 is 10.1 Å². The number of benzene rings is 2. The van der Waals surface area contributed by atoms with E-state index >= 15 is 0 Å². The SMILES string of the molecule is CCN1C(=O)C(CC(=O)Nc2cc(C)cc(C)c2)SC1=Nc1cc(Cl)ccc1OC. The summed E-state index contributed by atoms with van der Waals surface area (Å²) in [7, 11) is 1.55. The van der Waals surface area contributed by atoms with Gasteiger partial charge in [-0.15, -0.1) is 0 Å². The van der Waals surface area contributed by atoms with Crippen LogP contribution in [0, 0.1) is 13.8 Å². The number of anilines is 1. The van der Waals surface area contributed by atoms with E-state index in [1.54, 1.807) is 30.2 Å². The molecule has 1 unspecified atom stereocenters. The van der Waals surface area contributed by atoms with E-state index in [0.29, 0.717) is 28.2 Å². The van der Waals surface area contributed by atoms with Gasteiger partial charge in [0.1, 0.15) is 16.7 Å². The average Bonchev–Trinajstić information content (AvgIpc) is 2.95. The van der Waals surface area contributed by atoms with Crippen LogP contribution >= 0.6 is 23.4 Å². The second-order valence-electron chi connectivity index (χ2n) is 7.03. The number of thioether (sulfide) groups is 1. The number of hydrogen-bond donors (Lipinski definition) is 1. The highest BCUT2D eigenvalue weighted by atomic mass is 35.5. The molecule has 3 rings (SSSR count). The molecule has 0 spiro atoms. The second kappa shape index (κ2) is 9.53. The molecule has 1 fully saturated rings. The van der Waals surface area contributed by atoms with Crippen LogP contribution in [0.25, 0.3) is 0 Å². The molecule has 1 atom stereocenters. The van der Waals surface area contributed by atoms with E-state index in [0.717, 1.165) is 16.8 Å². The third kappa shape index (κ3) is 5.15. The lowest BCUT2D eigenvalue weighted by Gasteiger charge is -2.14. The van der Waals surface area contributed by atoms with Crippen molar-refractivity contribution in [2.24, 2.45) is 4.99 Å². The first-order chi connectivity index (χ1) is 14.3. The molecule has 1 saturated heterocycles. The number of carbonyl (C=O) groups is 2. The van der Waals surface area contributed by atoms with Crippen molar-refractivity contribution in [1.29, 1.82) is 0 Å². The van der Waals surface area contributed by atoms with E-state index in [1.807, 2.05) is 39.0 Å².